The van der Waals surface area contributed by atoms with Gasteiger partial charge in [-0.3, -0.25) is 4.79 Å². The minimum Gasteiger partial charge on any atom is -0.464 e. The van der Waals surface area contributed by atoms with Crippen molar-refractivity contribution in [3.05, 3.63) is 28.7 Å². The first-order valence-electron chi connectivity index (χ1n) is 6.88. The van der Waals surface area contributed by atoms with Crippen LogP contribution in [-0.2, 0) is 19.6 Å². The number of halogens is 1. The van der Waals surface area contributed by atoms with Crippen molar-refractivity contribution >= 4 is 31.9 Å². The van der Waals surface area contributed by atoms with Gasteiger partial charge in [0.15, 0.2) is 0 Å². The first-order valence-corrected chi connectivity index (χ1v) is 9.11. The summed E-state index contributed by atoms with van der Waals surface area (Å²) in [5.41, 5.74) is 0. The summed E-state index contributed by atoms with van der Waals surface area (Å²) in [6, 6.07) is 6.29. The van der Waals surface area contributed by atoms with Crippen LogP contribution in [0.25, 0.3) is 0 Å². The Balaban J connectivity index is 2.14. The fraction of sp³-hybridized carbons (Fsp3) is 0.500. The lowest BCUT2D eigenvalue weighted by Crippen LogP contribution is -2.38. The van der Waals surface area contributed by atoms with E-state index < -0.39 is 10.0 Å². The van der Waals surface area contributed by atoms with Gasteiger partial charge in [0, 0.05) is 17.4 Å². The van der Waals surface area contributed by atoms with E-state index in [1.807, 2.05) is 0 Å². The standard InChI is InChI=1S/C14H18BrNO4S/c1-2-14(17)20-10-12-4-3-9-16(12)21(18,19)13-7-5-11(15)6-8-13/h5-8,12H,2-4,9-10H2,1H3/t12-/m0/s1. The van der Waals surface area contributed by atoms with Crippen molar-refractivity contribution in [3.8, 4) is 0 Å². The van der Waals surface area contributed by atoms with Crippen molar-refractivity contribution < 1.29 is 17.9 Å². The molecule has 7 heteroatoms. The number of carbonyl (C=O) groups excluding carboxylic acids is 1. The van der Waals surface area contributed by atoms with Crippen LogP contribution in [0.4, 0.5) is 0 Å². The van der Waals surface area contributed by atoms with E-state index in [-0.39, 0.29) is 23.5 Å². The van der Waals surface area contributed by atoms with Crippen molar-refractivity contribution in [2.75, 3.05) is 13.2 Å². The maximum absolute atomic E-state index is 12.6. The molecular formula is C14H18BrNO4S. The molecule has 1 aromatic rings. The van der Waals surface area contributed by atoms with Gasteiger partial charge in [0.25, 0.3) is 0 Å². The molecule has 1 fully saturated rings. The molecule has 2 rings (SSSR count). The fourth-order valence-electron chi connectivity index (χ4n) is 2.33. The molecule has 0 saturated carbocycles. The molecule has 116 valence electrons. The summed E-state index contributed by atoms with van der Waals surface area (Å²) < 4.78 is 32.7. The first kappa shape index (κ1) is 16.5. The molecule has 0 aliphatic carbocycles. The molecule has 0 spiro atoms. The summed E-state index contributed by atoms with van der Waals surface area (Å²) in [6.07, 6.45) is 1.79. The Hall–Kier alpha value is -0.920. The third kappa shape index (κ3) is 3.84. The lowest BCUT2D eigenvalue weighted by Gasteiger charge is -2.23. The molecule has 1 aliphatic rings. The van der Waals surface area contributed by atoms with Gasteiger partial charge >= 0.3 is 5.97 Å². The number of rotatable bonds is 5. The second-order valence-electron chi connectivity index (χ2n) is 4.90. The predicted molar refractivity (Wildman–Crippen MR) is 82.3 cm³/mol. The Labute approximate surface area is 133 Å². The highest BCUT2D eigenvalue weighted by Crippen LogP contribution is 2.27. The van der Waals surface area contributed by atoms with Crippen LogP contribution >= 0.6 is 15.9 Å². The zero-order chi connectivity index (χ0) is 15.5. The fourth-order valence-corrected chi connectivity index (χ4v) is 4.27. The van der Waals surface area contributed by atoms with Gasteiger partial charge in [-0.15, -0.1) is 0 Å². The quantitative estimate of drug-likeness (QED) is 0.741. The van der Waals surface area contributed by atoms with Crippen LogP contribution in [0, 0.1) is 0 Å². The largest absolute Gasteiger partial charge is 0.464 e. The molecule has 1 heterocycles. The minimum absolute atomic E-state index is 0.127. The van der Waals surface area contributed by atoms with Crippen molar-refractivity contribution in [2.24, 2.45) is 0 Å². The Kier molecular flexibility index (Phi) is 5.40. The van der Waals surface area contributed by atoms with Gasteiger partial charge in [-0.2, -0.15) is 4.31 Å². The van der Waals surface area contributed by atoms with Crippen molar-refractivity contribution in [1.29, 1.82) is 0 Å². The molecule has 21 heavy (non-hydrogen) atoms. The Bertz CT molecular complexity index is 600. The normalized spacial score (nSPS) is 19.6. The molecule has 0 N–H and O–H groups in total. The van der Waals surface area contributed by atoms with Crippen molar-refractivity contribution in [2.45, 2.75) is 37.1 Å². The van der Waals surface area contributed by atoms with Gasteiger partial charge in [0.2, 0.25) is 10.0 Å². The Morgan fingerprint density at radius 2 is 2.05 bits per heavy atom. The average Bonchev–Trinajstić information content (AvgIpc) is 2.94. The number of carbonyl (C=O) groups is 1. The van der Waals surface area contributed by atoms with Crippen molar-refractivity contribution in [3.63, 3.8) is 0 Å². The van der Waals surface area contributed by atoms with Gasteiger partial charge < -0.3 is 4.74 Å². The summed E-state index contributed by atoms with van der Waals surface area (Å²) in [6.45, 7) is 2.31. The minimum atomic E-state index is -3.54. The van der Waals surface area contributed by atoms with E-state index >= 15 is 0 Å². The van der Waals surface area contributed by atoms with Gasteiger partial charge in [-0.25, -0.2) is 8.42 Å². The Morgan fingerprint density at radius 3 is 2.67 bits per heavy atom. The van der Waals surface area contributed by atoms with Crippen LogP contribution in [-0.4, -0.2) is 37.9 Å². The van der Waals surface area contributed by atoms with E-state index in [0.29, 0.717) is 19.4 Å². The number of hydrogen-bond acceptors (Lipinski definition) is 4. The summed E-state index contributed by atoms with van der Waals surface area (Å²) in [5, 5.41) is 0. The monoisotopic (exact) mass is 375 g/mol. The summed E-state index contributed by atoms with van der Waals surface area (Å²) in [4.78, 5) is 11.5. The highest BCUT2D eigenvalue weighted by molar-refractivity contribution is 9.10. The number of hydrogen-bond donors (Lipinski definition) is 0. The third-order valence-corrected chi connectivity index (χ3v) is 5.96. The first-order chi connectivity index (χ1) is 9.95. The van der Waals surface area contributed by atoms with E-state index in [1.165, 1.54) is 4.31 Å². The highest BCUT2D eigenvalue weighted by atomic mass is 79.9. The van der Waals surface area contributed by atoms with Crippen LogP contribution in [0.15, 0.2) is 33.6 Å². The molecule has 1 saturated heterocycles. The molecule has 0 aromatic heterocycles. The van der Waals surface area contributed by atoms with Gasteiger partial charge in [-0.1, -0.05) is 22.9 Å². The number of ether oxygens (including phenoxy) is 1. The number of esters is 1. The predicted octanol–water partition coefficient (Wildman–Crippen LogP) is 2.56. The van der Waals surface area contributed by atoms with Crippen LogP contribution < -0.4 is 0 Å². The van der Waals surface area contributed by atoms with E-state index in [2.05, 4.69) is 15.9 Å². The van der Waals surface area contributed by atoms with Gasteiger partial charge in [0.1, 0.15) is 6.61 Å². The SMILES string of the molecule is CCC(=O)OC[C@@H]1CCCN1S(=O)(=O)c1ccc(Br)cc1. The van der Waals surface area contributed by atoms with Gasteiger partial charge in [0.05, 0.1) is 10.9 Å². The molecule has 1 aliphatic heterocycles. The second-order valence-corrected chi connectivity index (χ2v) is 7.71. The summed E-state index contributed by atoms with van der Waals surface area (Å²) in [5.74, 6) is -0.303. The van der Waals surface area contributed by atoms with Crippen LogP contribution in [0.3, 0.4) is 0 Å². The topological polar surface area (TPSA) is 63.7 Å². The lowest BCUT2D eigenvalue weighted by atomic mass is 10.2. The van der Waals surface area contributed by atoms with Crippen molar-refractivity contribution in [1.82, 2.24) is 4.31 Å². The van der Waals surface area contributed by atoms with Crippen LogP contribution in [0.5, 0.6) is 0 Å². The van der Waals surface area contributed by atoms with Crippen LogP contribution in [0.2, 0.25) is 0 Å². The smallest absolute Gasteiger partial charge is 0.305 e. The summed E-state index contributed by atoms with van der Waals surface area (Å²) in [7, 11) is -3.54. The van der Waals surface area contributed by atoms with E-state index in [0.717, 1.165) is 10.9 Å². The average molecular weight is 376 g/mol. The molecule has 0 radical (unpaired) electrons. The molecule has 1 aromatic carbocycles. The van der Waals surface area contributed by atoms with Gasteiger partial charge in [-0.05, 0) is 37.1 Å². The lowest BCUT2D eigenvalue weighted by molar-refractivity contribution is -0.144. The third-order valence-electron chi connectivity index (χ3n) is 3.47. The van der Waals surface area contributed by atoms with Crippen LogP contribution in [0.1, 0.15) is 26.2 Å². The zero-order valence-corrected chi connectivity index (χ0v) is 14.2. The molecule has 0 amide bonds. The molecule has 1 atom stereocenters. The Morgan fingerprint density at radius 1 is 1.38 bits per heavy atom. The number of sulfonamides is 1. The maximum atomic E-state index is 12.6. The second kappa shape index (κ2) is 6.89. The van der Waals surface area contributed by atoms with E-state index in [1.54, 1.807) is 31.2 Å². The maximum Gasteiger partial charge on any atom is 0.305 e. The van der Waals surface area contributed by atoms with E-state index in [4.69, 9.17) is 4.74 Å². The highest BCUT2D eigenvalue weighted by Gasteiger charge is 2.35. The molecule has 0 unspecified atom stereocenters. The molecule has 0 bridgehead atoms. The molecule has 5 nitrogen and oxygen atoms in total. The number of benzene rings is 1. The zero-order valence-electron chi connectivity index (χ0n) is 11.8. The summed E-state index contributed by atoms with van der Waals surface area (Å²) >= 11 is 3.29. The number of nitrogens with zero attached hydrogens (tertiary/aromatic N) is 1. The van der Waals surface area contributed by atoms with E-state index in [9.17, 15) is 13.2 Å². The molecular weight excluding hydrogens is 358 g/mol.